The summed E-state index contributed by atoms with van der Waals surface area (Å²) in [5.74, 6) is 0. The van der Waals surface area contributed by atoms with E-state index in [4.69, 9.17) is 0 Å². The van der Waals surface area contributed by atoms with Crippen molar-refractivity contribution in [1.82, 2.24) is 0 Å². The molecule has 0 amide bonds. The minimum Gasteiger partial charge on any atom is -0.0622 e. The molecule has 7 aromatic carbocycles. The maximum atomic E-state index is 2.43. The van der Waals surface area contributed by atoms with Crippen LogP contribution in [-0.2, 0) is 0 Å². The summed E-state index contributed by atoms with van der Waals surface area (Å²) in [6, 6.07) is 74.2. The van der Waals surface area contributed by atoms with Crippen molar-refractivity contribution in [3.63, 3.8) is 0 Å². The van der Waals surface area contributed by atoms with E-state index >= 15 is 0 Å². The van der Waals surface area contributed by atoms with E-state index in [1.807, 2.05) is 0 Å². The molecule has 7 rings (SSSR count). The fraction of sp³-hybridized carbons (Fsp3) is 0. The largest absolute Gasteiger partial charge is 0.0622 e. The molecule has 216 valence electrons. The van der Waals surface area contributed by atoms with E-state index in [1.54, 1.807) is 0 Å². The summed E-state index contributed by atoms with van der Waals surface area (Å²) in [5, 5.41) is 12.6. The Morgan fingerprint density at radius 3 is 0.667 bits per heavy atom. The minimum absolute atomic E-state index is 0.832. The fourth-order valence-corrected chi connectivity index (χ4v) is 14.2. The summed E-state index contributed by atoms with van der Waals surface area (Å²) in [5.41, 5.74) is 0. The van der Waals surface area contributed by atoms with E-state index in [1.165, 1.54) is 47.7 Å². The molecule has 0 fully saturated rings. The van der Waals surface area contributed by atoms with Crippen LogP contribution in [0.25, 0.3) is 0 Å². The van der Waals surface area contributed by atoms with Crippen LogP contribution in [0.3, 0.4) is 0 Å². The zero-order chi connectivity index (χ0) is 30.3. The zero-order valence-corrected chi connectivity index (χ0v) is 27.6. The van der Waals surface area contributed by atoms with Crippen molar-refractivity contribution in [3.8, 4) is 0 Å². The van der Waals surface area contributed by atoms with E-state index in [-0.39, 0.29) is 0 Å². The third kappa shape index (κ3) is 6.47. The van der Waals surface area contributed by atoms with Crippen LogP contribution >= 0.6 is 23.8 Å². The van der Waals surface area contributed by atoms with Crippen LogP contribution in [0.1, 0.15) is 0 Å². The lowest BCUT2D eigenvalue weighted by Crippen LogP contribution is -2.44. The molecule has 0 spiro atoms. The average Bonchev–Trinajstić information content (AvgIpc) is 3.12. The number of hydrogen-bond donors (Lipinski definition) is 0. The van der Waals surface area contributed by atoms with Crippen LogP contribution in [0.15, 0.2) is 200 Å². The van der Waals surface area contributed by atoms with Crippen molar-refractivity contribution in [2.24, 2.45) is 0 Å². The maximum Gasteiger partial charge on any atom is 0.00161 e. The third-order valence-corrected chi connectivity index (χ3v) is 15.7. The van der Waals surface area contributed by atoms with Crippen molar-refractivity contribution in [2.75, 3.05) is 0 Å². The Morgan fingerprint density at radius 1 is 0.200 bits per heavy atom. The SMILES string of the molecule is c1ccc(P(c2ccccc2)c2cccc(P(c3ccccc3)c3ccccc3)c2P(c2ccccc2)c2ccccc2)cc1. The van der Waals surface area contributed by atoms with Gasteiger partial charge < -0.3 is 0 Å². The molecule has 0 aliphatic heterocycles. The molecule has 0 nitrogen and oxygen atoms in total. The van der Waals surface area contributed by atoms with Gasteiger partial charge in [-0.25, -0.2) is 0 Å². The first kappa shape index (κ1) is 29.5. The van der Waals surface area contributed by atoms with Gasteiger partial charge in [0.15, 0.2) is 0 Å². The van der Waals surface area contributed by atoms with Crippen LogP contribution in [-0.4, -0.2) is 0 Å². The van der Waals surface area contributed by atoms with Gasteiger partial charge in [0.1, 0.15) is 0 Å². The van der Waals surface area contributed by atoms with Crippen LogP contribution in [0.4, 0.5) is 0 Å². The van der Waals surface area contributed by atoms with Crippen molar-refractivity contribution in [3.05, 3.63) is 200 Å². The van der Waals surface area contributed by atoms with E-state index < -0.39 is 23.8 Å². The Morgan fingerprint density at radius 2 is 0.422 bits per heavy atom. The third-order valence-electron chi connectivity index (χ3n) is 7.79. The van der Waals surface area contributed by atoms with Gasteiger partial charge in [-0.15, -0.1) is 0 Å². The quantitative estimate of drug-likeness (QED) is 0.151. The monoisotopic (exact) mass is 630 g/mol. The minimum atomic E-state index is -0.882. The summed E-state index contributed by atoms with van der Waals surface area (Å²) in [6.07, 6.45) is 0. The molecule has 0 unspecified atom stereocenters. The first-order chi connectivity index (χ1) is 22.4. The highest BCUT2D eigenvalue weighted by Crippen LogP contribution is 2.42. The Kier molecular flexibility index (Phi) is 9.38. The lowest BCUT2D eigenvalue weighted by atomic mass is 10.3. The standard InChI is InChI=1S/C42H33P3/c1-7-20-34(21-8-1)43(35-22-9-2-10-23-35)40-32-19-33-41(44(36-24-11-3-12-25-36)37-26-13-4-14-27-37)42(40)45(38-28-15-5-16-29-38)39-30-17-6-18-31-39/h1-33H. The van der Waals surface area contributed by atoms with Gasteiger partial charge in [0, 0.05) is 5.30 Å². The summed E-state index contributed by atoms with van der Waals surface area (Å²) in [4.78, 5) is 0. The average molecular weight is 631 g/mol. The molecule has 7 aromatic rings. The van der Waals surface area contributed by atoms with Crippen LogP contribution < -0.4 is 47.7 Å². The van der Waals surface area contributed by atoms with Crippen LogP contribution in [0.5, 0.6) is 0 Å². The molecular weight excluding hydrogens is 597 g/mol. The highest BCUT2D eigenvalue weighted by atomic mass is 31.1. The molecule has 0 aromatic heterocycles. The van der Waals surface area contributed by atoms with E-state index in [9.17, 15) is 0 Å². The second kappa shape index (κ2) is 14.3. The second-order valence-corrected chi connectivity index (χ2v) is 17.2. The molecular formula is C42H33P3. The number of hydrogen-bond acceptors (Lipinski definition) is 0. The zero-order valence-electron chi connectivity index (χ0n) is 24.9. The van der Waals surface area contributed by atoms with Gasteiger partial charge in [-0.05, 0) is 66.2 Å². The smallest absolute Gasteiger partial charge is 0.00161 e. The summed E-state index contributed by atoms with van der Waals surface area (Å²) in [6.45, 7) is 0. The Bertz CT molecular complexity index is 1710. The van der Waals surface area contributed by atoms with Gasteiger partial charge in [0.25, 0.3) is 0 Å². The normalized spacial score (nSPS) is 11.3. The summed E-state index contributed by atoms with van der Waals surface area (Å²) < 4.78 is 0. The molecule has 0 radical (unpaired) electrons. The van der Waals surface area contributed by atoms with E-state index in [0.717, 1.165) is 0 Å². The highest BCUT2D eigenvalue weighted by molar-refractivity contribution is 7.88. The molecule has 0 aliphatic carbocycles. The molecule has 0 bridgehead atoms. The van der Waals surface area contributed by atoms with Gasteiger partial charge in [0.2, 0.25) is 0 Å². The van der Waals surface area contributed by atoms with Crippen molar-refractivity contribution in [1.29, 1.82) is 0 Å². The molecule has 0 saturated heterocycles. The molecule has 45 heavy (non-hydrogen) atoms. The fourth-order valence-electron chi connectivity index (χ4n) is 5.83. The topological polar surface area (TPSA) is 0 Å². The second-order valence-electron chi connectivity index (χ2n) is 10.7. The predicted octanol–water partition coefficient (Wildman–Crippen LogP) is 6.96. The van der Waals surface area contributed by atoms with Gasteiger partial charge in [0.05, 0.1) is 0 Å². The van der Waals surface area contributed by atoms with Crippen molar-refractivity contribution in [2.45, 2.75) is 0 Å². The van der Waals surface area contributed by atoms with E-state index in [2.05, 4.69) is 200 Å². The van der Waals surface area contributed by atoms with E-state index in [0.29, 0.717) is 0 Å². The van der Waals surface area contributed by atoms with Gasteiger partial charge in [-0.1, -0.05) is 200 Å². The Labute approximate surface area is 270 Å². The van der Waals surface area contributed by atoms with Gasteiger partial charge in [-0.3, -0.25) is 0 Å². The lowest BCUT2D eigenvalue weighted by molar-refractivity contribution is 1.74. The highest BCUT2D eigenvalue weighted by Gasteiger charge is 2.31. The first-order valence-corrected chi connectivity index (χ1v) is 19.2. The van der Waals surface area contributed by atoms with Gasteiger partial charge in [-0.2, -0.15) is 0 Å². The summed E-state index contributed by atoms with van der Waals surface area (Å²) >= 11 is 0. The predicted molar refractivity (Wildman–Crippen MR) is 203 cm³/mol. The van der Waals surface area contributed by atoms with Gasteiger partial charge >= 0.3 is 0 Å². The van der Waals surface area contributed by atoms with Crippen LogP contribution in [0, 0.1) is 0 Å². The maximum absolute atomic E-state index is 2.43. The number of rotatable bonds is 9. The summed E-state index contributed by atoms with van der Waals surface area (Å²) in [7, 11) is -2.55. The molecule has 0 atom stereocenters. The van der Waals surface area contributed by atoms with Crippen LogP contribution in [0.2, 0.25) is 0 Å². The molecule has 3 heteroatoms. The molecule has 0 saturated carbocycles. The molecule has 0 heterocycles. The molecule has 0 N–H and O–H groups in total. The Balaban J connectivity index is 1.60. The lowest BCUT2D eigenvalue weighted by Gasteiger charge is -2.32. The van der Waals surface area contributed by atoms with Crippen molar-refractivity contribution >= 4 is 71.5 Å². The Hall–Kier alpha value is -4.17. The van der Waals surface area contributed by atoms with Crippen molar-refractivity contribution < 1.29 is 0 Å². The number of benzene rings is 7. The first-order valence-electron chi connectivity index (χ1n) is 15.2. The molecule has 0 aliphatic rings.